The number of carbonyl (C=O) groups excluding carboxylic acids is 1. The maximum absolute atomic E-state index is 12.3. The second-order valence-corrected chi connectivity index (χ2v) is 7.73. The van der Waals surface area contributed by atoms with Crippen LogP contribution in [0.3, 0.4) is 0 Å². The zero-order valence-electron chi connectivity index (χ0n) is 14.3. The molecule has 1 amide bonds. The van der Waals surface area contributed by atoms with Crippen LogP contribution in [0.5, 0.6) is 5.75 Å². The number of aryl methyl sites for hydroxylation is 1. The first-order chi connectivity index (χ1) is 13.0. The predicted octanol–water partition coefficient (Wildman–Crippen LogP) is 4.24. The molecule has 7 nitrogen and oxygen atoms in total. The van der Waals surface area contributed by atoms with Crippen LogP contribution in [0.15, 0.2) is 45.6 Å². The van der Waals surface area contributed by atoms with Crippen LogP contribution in [-0.4, -0.2) is 25.5 Å². The Morgan fingerprint density at radius 2 is 2.07 bits per heavy atom. The van der Waals surface area contributed by atoms with E-state index in [2.05, 4.69) is 47.4 Å². The van der Waals surface area contributed by atoms with Gasteiger partial charge in [0.25, 0.3) is 5.91 Å². The Kier molecular flexibility index (Phi) is 6.56. The molecule has 2 aromatic heterocycles. The molecule has 2 heterocycles. The average molecular weight is 518 g/mol. The highest BCUT2D eigenvalue weighted by atomic mass is 79.9. The van der Waals surface area contributed by atoms with E-state index in [1.165, 1.54) is 4.68 Å². The monoisotopic (exact) mass is 515 g/mol. The summed E-state index contributed by atoms with van der Waals surface area (Å²) < 4.78 is 10.7. The van der Waals surface area contributed by atoms with Crippen molar-refractivity contribution in [1.29, 1.82) is 0 Å². The van der Waals surface area contributed by atoms with Gasteiger partial charge in [-0.25, -0.2) is 4.68 Å². The number of carbonyl (C=O) groups is 1. The Morgan fingerprint density at radius 3 is 2.78 bits per heavy atom. The summed E-state index contributed by atoms with van der Waals surface area (Å²) in [6.07, 6.45) is 3.55. The van der Waals surface area contributed by atoms with E-state index in [4.69, 9.17) is 16.3 Å². The smallest absolute Gasteiger partial charge is 0.272 e. The number of halogens is 3. The Labute approximate surface area is 177 Å². The Morgan fingerprint density at radius 1 is 1.26 bits per heavy atom. The first-order valence-corrected chi connectivity index (χ1v) is 10.0. The van der Waals surface area contributed by atoms with Gasteiger partial charge in [-0.2, -0.15) is 10.2 Å². The molecule has 0 saturated carbocycles. The van der Waals surface area contributed by atoms with Crippen LogP contribution < -0.4 is 10.1 Å². The molecule has 0 aliphatic heterocycles. The molecule has 0 radical (unpaired) electrons. The first kappa shape index (κ1) is 19.9. The number of nitrogens with zero attached hydrogens (tertiary/aromatic N) is 4. The van der Waals surface area contributed by atoms with E-state index in [1.807, 2.05) is 19.2 Å². The molecule has 0 unspecified atom stereocenters. The number of nitrogens with one attached hydrogen (secondary N) is 1. The maximum Gasteiger partial charge on any atom is 0.272 e. The summed E-state index contributed by atoms with van der Waals surface area (Å²) >= 11 is 12.9. The molecular weight excluding hydrogens is 501 g/mol. The van der Waals surface area contributed by atoms with E-state index in [1.54, 1.807) is 29.1 Å². The summed E-state index contributed by atoms with van der Waals surface area (Å²) in [4.78, 5) is 12.3. The maximum atomic E-state index is 12.3. The average Bonchev–Trinajstić information content (AvgIpc) is 3.25. The number of amides is 1. The topological polar surface area (TPSA) is 74.0 Å². The van der Waals surface area contributed by atoms with Gasteiger partial charge >= 0.3 is 0 Å². The SMILES string of the molecule is CCn1cc(Br)c(CNC(=O)c2ccn(COc3ccc(Br)cc3Cl)n2)n1. The number of rotatable bonds is 7. The fourth-order valence-electron chi connectivity index (χ4n) is 2.26. The summed E-state index contributed by atoms with van der Waals surface area (Å²) in [6.45, 7) is 3.21. The molecule has 0 aliphatic carbocycles. The van der Waals surface area contributed by atoms with E-state index in [0.29, 0.717) is 23.0 Å². The largest absolute Gasteiger partial charge is 0.470 e. The molecule has 0 saturated heterocycles. The highest BCUT2D eigenvalue weighted by Gasteiger charge is 2.12. The highest BCUT2D eigenvalue weighted by Crippen LogP contribution is 2.27. The van der Waals surface area contributed by atoms with E-state index in [0.717, 1.165) is 21.2 Å². The van der Waals surface area contributed by atoms with Crippen molar-refractivity contribution in [3.05, 3.63) is 62.0 Å². The summed E-state index contributed by atoms with van der Waals surface area (Å²) in [5, 5.41) is 11.9. The van der Waals surface area contributed by atoms with Crippen LogP contribution in [0.2, 0.25) is 5.02 Å². The van der Waals surface area contributed by atoms with Crippen LogP contribution in [0.4, 0.5) is 0 Å². The van der Waals surface area contributed by atoms with Crippen molar-refractivity contribution < 1.29 is 9.53 Å². The second-order valence-electron chi connectivity index (χ2n) is 5.55. The van der Waals surface area contributed by atoms with Crippen molar-refractivity contribution in [2.75, 3.05) is 0 Å². The summed E-state index contributed by atoms with van der Waals surface area (Å²) in [7, 11) is 0. The van der Waals surface area contributed by atoms with Crippen LogP contribution in [0.25, 0.3) is 0 Å². The van der Waals surface area contributed by atoms with Gasteiger partial charge in [-0.05, 0) is 47.1 Å². The van der Waals surface area contributed by atoms with Crippen molar-refractivity contribution in [1.82, 2.24) is 24.9 Å². The van der Waals surface area contributed by atoms with E-state index in [9.17, 15) is 4.79 Å². The molecule has 3 rings (SSSR count). The minimum atomic E-state index is -0.284. The van der Waals surface area contributed by atoms with E-state index < -0.39 is 0 Å². The minimum Gasteiger partial charge on any atom is -0.470 e. The van der Waals surface area contributed by atoms with Crippen LogP contribution >= 0.6 is 43.5 Å². The number of hydrogen-bond acceptors (Lipinski definition) is 4. The number of benzene rings is 1. The third-order valence-corrected chi connectivity index (χ3v) is 5.10. The molecule has 1 aromatic carbocycles. The van der Waals surface area contributed by atoms with E-state index >= 15 is 0 Å². The lowest BCUT2D eigenvalue weighted by Gasteiger charge is -2.08. The Balaban J connectivity index is 1.56. The third-order valence-electron chi connectivity index (χ3n) is 3.65. The normalized spacial score (nSPS) is 10.8. The van der Waals surface area contributed by atoms with Gasteiger partial charge in [-0.15, -0.1) is 0 Å². The standard InChI is InChI=1S/C17H16Br2ClN5O2/c1-2-24-9-12(19)15(23-24)8-21-17(26)14-5-6-25(22-14)10-27-16-4-3-11(18)7-13(16)20/h3-7,9H,2,8,10H2,1H3,(H,21,26). The lowest BCUT2D eigenvalue weighted by Crippen LogP contribution is -2.24. The fraction of sp³-hybridized carbons (Fsp3) is 0.235. The lowest BCUT2D eigenvalue weighted by molar-refractivity contribution is 0.0943. The minimum absolute atomic E-state index is 0.140. The molecule has 3 aromatic rings. The predicted molar refractivity (Wildman–Crippen MR) is 109 cm³/mol. The van der Waals surface area contributed by atoms with Gasteiger partial charge in [0.1, 0.15) is 11.4 Å². The molecular formula is C17H16Br2ClN5O2. The number of ether oxygens (including phenoxy) is 1. The molecule has 10 heteroatoms. The number of aromatic nitrogens is 4. The van der Waals surface area contributed by atoms with Crippen molar-refractivity contribution in [3.8, 4) is 5.75 Å². The van der Waals surface area contributed by atoms with Crippen molar-refractivity contribution in [3.63, 3.8) is 0 Å². The molecule has 0 atom stereocenters. The quantitative estimate of drug-likeness (QED) is 0.509. The van der Waals surface area contributed by atoms with Crippen molar-refractivity contribution in [2.45, 2.75) is 26.7 Å². The van der Waals surface area contributed by atoms with Gasteiger partial charge in [0.05, 0.1) is 21.7 Å². The Bertz CT molecular complexity index is 957. The molecule has 142 valence electrons. The molecule has 0 bridgehead atoms. The van der Waals surface area contributed by atoms with E-state index in [-0.39, 0.29) is 12.6 Å². The van der Waals surface area contributed by atoms with Crippen LogP contribution in [-0.2, 0) is 19.8 Å². The van der Waals surface area contributed by atoms with Crippen molar-refractivity contribution in [2.24, 2.45) is 0 Å². The number of hydrogen-bond donors (Lipinski definition) is 1. The molecule has 27 heavy (non-hydrogen) atoms. The van der Waals surface area contributed by atoms with Gasteiger partial charge < -0.3 is 10.1 Å². The second kappa shape index (κ2) is 8.90. The fourth-order valence-corrected chi connectivity index (χ4v) is 3.44. The van der Waals surface area contributed by atoms with Gasteiger partial charge in [0, 0.05) is 23.4 Å². The molecule has 1 N–H and O–H groups in total. The summed E-state index contributed by atoms with van der Waals surface area (Å²) in [5.41, 5.74) is 1.06. The van der Waals surface area contributed by atoms with Gasteiger partial charge in [0.2, 0.25) is 0 Å². The van der Waals surface area contributed by atoms with Gasteiger partial charge in [-0.3, -0.25) is 9.48 Å². The summed E-state index contributed by atoms with van der Waals surface area (Å²) in [6, 6.07) is 6.97. The van der Waals surface area contributed by atoms with Gasteiger partial charge in [-0.1, -0.05) is 27.5 Å². The van der Waals surface area contributed by atoms with Crippen LogP contribution in [0.1, 0.15) is 23.1 Å². The molecule has 0 spiro atoms. The highest BCUT2D eigenvalue weighted by molar-refractivity contribution is 9.10. The zero-order chi connectivity index (χ0) is 19.4. The molecule has 0 fully saturated rings. The first-order valence-electron chi connectivity index (χ1n) is 8.07. The third kappa shape index (κ3) is 5.12. The van der Waals surface area contributed by atoms with Crippen molar-refractivity contribution >= 4 is 49.4 Å². The van der Waals surface area contributed by atoms with Crippen LogP contribution in [0, 0.1) is 0 Å². The zero-order valence-corrected chi connectivity index (χ0v) is 18.3. The lowest BCUT2D eigenvalue weighted by atomic mass is 10.3. The molecule has 0 aliphatic rings. The summed E-state index contributed by atoms with van der Waals surface area (Å²) in [5.74, 6) is 0.256. The Hall–Kier alpha value is -1.84. The van der Waals surface area contributed by atoms with Gasteiger partial charge in [0.15, 0.2) is 6.73 Å².